The first kappa shape index (κ1) is 10.3. The zero-order valence-electron chi connectivity index (χ0n) is 7.55. The highest BCUT2D eigenvalue weighted by Gasteiger charge is 2.17. The lowest BCUT2D eigenvalue weighted by molar-refractivity contribution is 0.579. The summed E-state index contributed by atoms with van der Waals surface area (Å²) in [5, 5.41) is 0. The first-order chi connectivity index (χ1) is 7.09. The molecule has 1 aromatic carbocycles. The van der Waals surface area contributed by atoms with Gasteiger partial charge in [0.2, 0.25) is 0 Å². The van der Waals surface area contributed by atoms with E-state index >= 15 is 0 Å². The lowest BCUT2D eigenvalue weighted by Gasteiger charge is -2.02. The Bertz CT molecular complexity index is 558. The predicted octanol–water partition coefficient (Wildman–Crippen LogP) is 2.87. The minimum atomic E-state index is -3.75. The monoisotopic (exact) mass is 242 g/mol. The Hall–Kier alpha value is -1.26. The van der Waals surface area contributed by atoms with Crippen LogP contribution in [-0.2, 0) is 9.05 Å². The summed E-state index contributed by atoms with van der Waals surface area (Å²) in [6.07, 6.45) is 1.48. The highest BCUT2D eigenvalue weighted by atomic mass is 35.7. The van der Waals surface area contributed by atoms with Gasteiger partial charge in [-0.3, -0.25) is 0 Å². The Morgan fingerprint density at radius 2 is 1.80 bits per heavy atom. The van der Waals surface area contributed by atoms with Crippen molar-refractivity contribution in [3.05, 3.63) is 42.7 Å². The molecule has 0 aliphatic rings. The Kier molecular flexibility index (Phi) is 2.54. The lowest BCUT2D eigenvalue weighted by Crippen LogP contribution is -1.93. The smallest absolute Gasteiger partial charge is 0.262 e. The zero-order chi connectivity index (χ0) is 10.9. The van der Waals surface area contributed by atoms with E-state index in [-0.39, 0.29) is 4.90 Å². The van der Waals surface area contributed by atoms with Gasteiger partial charge in [-0.1, -0.05) is 12.1 Å². The minimum Gasteiger partial charge on any atom is -0.464 e. The van der Waals surface area contributed by atoms with Crippen LogP contribution in [-0.4, -0.2) is 8.42 Å². The van der Waals surface area contributed by atoms with E-state index in [0.29, 0.717) is 11.3 Å². The van der Waals surface area contributed by atoms with Crippen LogP contribution < -0.4 is 0 Å². The molecule has 0 saturated carbocycles. The summed E-state index contributed by atoms with van der Waals surface area (Å²) in [7, 11) is 1.56. The van der Waals surface area contributed by atoms with Crippen LogP contribution in [0.5, 0.6) is 0 Å². The average Bonchev–Trinajstić information content (AvgIpc) is 2.69. The summed E-state index contributed by atoms with van der Waals surface area (Å²) in [4.78, 5) is 0.0571. The molecule has 0 amide bonds. The number of halogens is 1. The van der Waals surface area contributed by atoms with Gasteiger partial charge in [0.15, 0.2) is 0 Å². The quantitative estimate of drug-likeness (QED) is 0.761. The Balaban J connectivity index is 2.68. The van der Waals surface area contributed by atoms with Crippen molar-refractivity contribution in [2.45, 2.75) is 4.90 Å². The van der Waals surface area contributed by atoms with E-state index in [1.807, 2.05) is 0 Å². The number of rotatable bonds is 2. The fraction of sp³-hybridized carbons (Fsp3) is 0. The van der Waals surface area contributed by atoms with Gasteiger partial charge in [0.1, 0.15) is 5.76 Å². The standard InChI is InChI=1S/C10H7ClO3S/c11-15(12,13)10-6-2-1-4-8(10)9-5-3-7-14-9/h1-7H. The van der Waals surface area contributed by atoms with Gasteiger partial charge in [0.25, 0.3) is 9.05 Å². The molecule has 0 aliphatic heterocycles. The van der Waals surface area contributed by atoms with Crippen molar-refractivity contribution in [1.82, 2.24) is 0 Å². The van der Waals surface area contributed by atoms with E-state index in [0.717, 1.165) is 0 Å². The predicted molar refractivity (Wildman–Crippen MR) is 57.2 cm³/mol. The molecule has 0 bridgehead atoms. The second-order valence-electron chi connectivity index (χ2n) is 2.91. The summed E-state index contributed by atoms with van der Waals surface area (Å²) in [6.45, 7) is 0. The fourth-order valence-electron chi connectivity index (χ4n) is 1.31. The molecule has 5 heteroatoms. The molecule has 0 aliphatic carbocycles. The Morgan fingerprint density at radius 1 is 1.07 bits per heavy atom. The summed E-state index contributed by atoms with van der Waals surface area (Å²) in [5.41, 5.74) is 0.470. The molecular weight excluding hydrogens is 236 g/mol. The van der Waals surface area contributed by atoms with E-state index in [1.165, 1.54) is 12.3 Å². The van der Waals surface area contributed by atoms with E-state index in [9.17, 15) is 8.42 Å². The molecule has 2 rings (SSSR count). The first-order valence-corrected chi connectivity index (χ1v) is 6.47. The zero-order valence-corrected chi connectivity index (χ0v) is 9.12. The van der Waals surface area contributed by atoms with Crippen molar-refractivity contribution in [2.24, 2.45) is 0 Å². The van der Waals surface area contributed by atoms with Crippen molar-refractivity contribution in [3.63, 3.8) is 0 Å². The number of hydrogen-bond donors (Lipinski definition) is 0. The molecule has 0 radical (unpaired) electrons. The van der Waals surface area contributed by atoms with Gasteiger partial charge in [0, 0.05) is 16.2 Å². The highest BCUT2D eigenvalue weighted by molar-refractivity contribution is 8.13. The Labute approximate surface area is 91.7 Å². The van der Waals surface area contributed by atoms with Crippen LogP contribution in [0.3, 0.4) is 0 Å². The van der Waals surface area contributed by atoms with Gasteiger partial charge >= 0.3 is 0 Å². The van der Waals surface area contributed by atoms with Gasteiger partial charge in [0.05, 0.1) is 11.2 Å². The van der Waals surface area contributed by atoms with Crippen molar-refractivity contribution in [3.8, 4) is 11.3 Å². The molecule has 78 valence electrons. The van der Waals surface area contributed by atoms with Gasteiger partial charge < -0.3 is 4.42 Å². The Morgan fingerprint density at radius 3 is 2.40 bits per heavy atom. The number of furan rings is 1. The first-order valence-electron chi connectivity index (χ1n) is 4.16. The molecule has 1 aromatic heterocycles. The van der Waals surface area contributed by atoms with Crippen LogP contribution >= 0.6 is 10.7 Å². The van der Waals surface area contributed by atoms with Crippen molar-refractivity contribution in [1.29, 1.82) is 0 Å². The van der Waals surface area contributed by atoms with Gasteiger partial charge in [-0.25, -0.2) is 8.42 Å². The minimum absolute atomic E-state index is 0.0571. The van der Waals surface area contributed by atoms with Crippen LogP contribution in [0, 0.1) is 0 Å². The van der Waals surface area contributed by atoms with Gasteiger partial charge in [-0.05, 0) is 24.3 Å². The summed E-state index contributed by atoms with van der Waals surface area (Å²) >= 11 is 0. The maximum absolute atomic E-state index is 11.3. The third kappa shape index (κ3) is 2.06. The average molecular weight is 243 g/mol. The molecular formula is C10H7ClO3S. The van der Waals surface area contributed by atoms with E-state index in [1.54, 1.807) is 30.3 Å². The molecule has 0 atom stereocenters. The number of hydrogen-bond acceptors (Lipinski definition) is 3. The van der Waals surface area contributed by atoms with Crippen LogP contribution in [0.1, 0.15) is 0 Å². The van der Waals surface area contributed by atoms with Crippen LogP contribution in [0.2, 0.25) is 0 Å². The fourth-order valence-corrected chi connectivity index (χ4v) is 2.39. The van der Waals surface area contributed by atoms with E-state index in [4.69, 9.17) is 15.1 Å². The van der Waals surface area contributed by atoms with Crippen molar-refractivity contribution >= 4 is 19.7 Å². The largest absolute Gasteiger partial charge is 0.464 e. The maximum atomic E-state index is 11.3. The summed E-state index contributed by atoms with van der Waals surface area (Å²) < 4.78 is 27.7. The highest BCUT2D eigenvalue weighted by Crippen LogP contribution is 2.29. The second kappa shape index (κ2) is 3.72. The SMILES string of the molecule is O=S(=O)(Cl)c1ccccc1-c1ccco1. The molecule has 0 saturated heterocycles. The molecule has 2 aromatic rings. The van der Waals surface area contributed by atoms with Crippen LogP contribution in [0.15, 0.2) is 52.0 Å². The third-order valence-corrected chi connectivity index (χ3v) is 3.32. The summed E-state index contributed by atoms with van der Waals surface area (Å²) in [5.74, 6) is 0.481. The molecule has 0 fully saturated rings. The van der Waals surface area contributed by atoms with Crippen molar-refractivity contribution in [2.75, 3.05) is 0 Å². The van der Waals surface area contributed by atoms with Crippen molar-refractivity contribution < 1.29 is 12.8 Å². The van der Waals surface area contributed by atoms with Gasteiger partial charge in [-0.2, -0.15) is 0 Å². The molecule has 0 spiro atoms. The van der Waals surface area contributed by atoms with Crippen LogP contribution in [0.25, 0.3) is 11.3 Å². The topological polar surface area (TPSA) is 47.3 Å². The van der Waals surface area contributed by atoms with E-state index < -0.39 is 9.05 Å². The molecule has 1 heterocycles. The summed E-state index contributed by atoms with van der Waals surface area (Å²) in [6, 6.07) is 9.80. The van der Waals surface area contributed by atoms with Crippen LogP contribution in [0.4, 0.5) is 0 Å². The molecule has 3 nitrogen and oxygen atoms in total. The van der Waals surface area contributed by atoms with E-state index in [2.05, 4.69) is 0 Å². The number of benzene rings is 1. The third-order valence-electron chi connectivity index (χ3n) is 1.94. The second-order valence-corrected chi connectivity index (χ2v) is 5.45. The molecule has 0 unspecified atom stereocenters. The molecule has 0 N–H and O–H groups in total. The maximum Gasteiger partial charge on any atom is 0.262 e. The molecule has 15 heavy (non-hydrogen) atoms. The van der Waals surface area contributed by atoms with Gasteiger partial charge in [-0.15, -0.1) is 0 Å². The normalized spacial score (nSPS) is 11.5. The lowest BCUT2D eigenvalue weighted by atomic mass is 10.2.